The van der Waals surface area contributed by atoms with Crippen LogP contribution in [0.1, 0.15) is 11.1 Å². The van der Waals surface area contributed by atoms with Gasteiger partial charge in [0.25, 0.3) is 11.8 Å². The molecule has 152 valence electrons. The average molecular weight is 398 g/mol. The molecule has 6 N–H and O–H groups in total. The monoisotopic (exact) mass is 398 g/mol. The van der Waals surface area contributed by atoms with E-state index in [9.17, 15) is 14.7 Å². The Morgan fingerprint density at radius 2 is 1.90 bits per heavy atom. The van der Waals surface area contributed by atoms with Gasteiger partial charge in [0.05, 0.1) is 19.4 Å². The van der Waals surface area contributed by atoms with Crippen molar-refractivity contribution >= 4 is 23.3 Å². The highest BCUT2D eigenvalue weighted by atomic mass is 16.5. The average Bonchev–Trinajstić information content (AvgIpc) is 2.73. The molecule has 2 aromatic rings. The molecule has 1 saturated heterocycles. The molecule has 2 amide bonds. The van der Waals surface area contributed by atoms with Gasteiger partial charge in [-0.2, -0.15) is 0 Å². The first-order chi connectivity index (χ1) is 13.8. The Kier molecular flexibility index (Phi) is 5.53. The summed E-state index contributed by atoms with van der Waals surface area (Å²) in [6, 6.07) is 12.6. The number of ether oxygens (including phenoxy) is 2. The molecule has 9 heteroatoms. The number of nitrogen functional groups attached to an aromatic ring is 1. The van der Waals surface area contributed by atoms with Gasteiger partial charge in [0, 0.05) is 12.1 Å². The van der Waals surface area contributed by atoms with Gasteiger partial charge < -0.3 is 30.9 Å². The van der Waals surface area contributed by atoms with Gasteiger partial charge in [0.2, 0.25) is 5.60 Å². The predicted octanol–water partition coefficient (Wildman–Crippen LogP) is 0.0842. The van der Waals surface area contributed by atoms with Crippen molar-refractivity contribution in [3.8, 4) is 5.75 Å². The lowest BCUT2D eigenvalue weighted by molar-refractivity contribution is -0.171. The maximum absolute atomic E-state index is 13.2. The largest absolute Gasteiger partial charge is 0.495 e. The molecule has 2 aromatic carbocycles. The Bertz CT molecular complexity index is 946. The van der Waals surface area contributed by atoms with Crippen molar-refractivity contribution in [2.45, 2.75) is 11.7 Å². The summed E-state index contributed by atoms with van der Waals surface area (Å²) in [7, 11) is 1.48. The van der Waals surface area contributed by atoms with Crippen LogP contribution in [-0.2, 0) is 19.9 Å². The molecule has 9 nitrogen and oxygen atoms in total. The maximum Gasteiger partial charge on any atom is 0.260 e. The number of para-hydroxylation sites is 2. The zero-order valence-electron chi connectivity index (χ0n) is 15.8. The summed E-state index contributed by atoms with van der Waals surface area (Å²) < 4.78 is 10.8. The summed E-state index contributed by atoms with van der Waals surface area (Å²) >= 11 is 0. The second-order valence-corrected chi connectivity index (χ2v) is 6.53. The number of hydrogen-bond acceptors (Lipinski definition) is 6. The van der Waals surface area contributed by atoms with Crippen LogP contribution >= 0.6 is 0 Å². The number of amides is 2. The molecular formula is C20H22N4O5. The van der Waals surface area contributed by atoms with Crippen LogP contribution in [0.2, 0.25) is 0 Å². The van der Waals surface area contributed by atoms with Crippen LogP contribution in [0.4, 0.5) is 5.69 Å². The number of nitrogens with two attached hydrogens (primary N) is 2. The zero-order chi connectivity index (χ0) is 21.2. The molecule has 0 aliphatic carbocycles. The van der Waals surface area contributed by atoms with E-state index in [1.165, 1.54) is 36.3 Å². The minimum Gasteiger partial charge on any atom is -0.495 e. The van der Waals surface area contributed by atoms with Crippen molar-refractivity contribution in [2.75, 3.05) is 25.2 Å². The lowest BCUT2D eigenvalue weighted by Crippen LogP contribution is -2.61. The maximum atomic E-state index is 13.2. The van der Waals surface area contributed by atoms with E-state index in [-0.39, 0.29) is 24.6 Å². The van der Waals surface area contributed by atoms with E-state index in [0.29, 0.717) is 17.0 Å². The molecule has 29 heavy (non-hydrogen) atoms. The SMILES string of the molecule is COc1ccccc1N1CCOC(C(O)(C(N)=O)c2ccc(C(=N)N)cc2)C1=O. The number of nitrogens with one attached hydrogen (secondary N) is 1. The van der Waals surface area contributed by atoms with Gasteiger partial charge in [-0.15, -0.1) is 0 Å². The molecular weight excluding hydrogens is 376 g/mol. The lowest BCUT2D eigenvalue weighted by Gasteiger charge is -2.39. The lowest BCUT2D eigenvalue weighted by atomic mass is 9.85. The molecule has 3 rings (SSSR count). The van der Waals surface area contributed by atoms with E-state index in [2.05, 4.69) is 0 Å². The van der Waals surface area contributed by atoms with Crippen molar-refractivity contribution in [1.82, 2.24) is 0 Å². The molecule has 1 fully saturated rings. The highest BCUT2D eigenvalue weighted by molar-refractivity contribution is 6.03. The third kappa shape index (κ3) is 3.53. The van der Waals surface area contributed by atoms with Crippen molar-refractivity contribution in [3.05, 3.63) is 59.7 Å². The summed E-state index contributed by atoms with van der Waals surface area (Å²) in [5, 5.41) is 18.7. The number of benzene rings is 2. The number of carbonyl (C=O) groups excluding carboxylic acids is 2. The van der Waals surface area contributed by atoms with E-state index in [4.69, 9.17) is 26.4 Å². The Morgan fingerprint density at radius 3 is 2.48 bits per heavy atom. The Balaban J connectivity index is 2.01. The normalized spacial score (nSPS) is 18.8. The fourth-order valence-electron chi connectivity index (χ4n) is 3.30. The molecule has 0 aromatic heterocycles. The molecule has 0 saturated carbocycles. The summed E-state index contributed by atoms with van der Waals surface area (Å²) in [5.74, 6) is -1.47. The Morgan fingerprint density at radius 1 is 1.24 bits per heavy atom. The van der Waals surface area contributed by atoms with Crippen molar-refractivity contribution in [1.29, 1.82) is 5.41 Å². The van der Waals surface area contributed by atoms with Gasteiger partial charge in [-0.25, -0.2) is 0 Å². The van der Waals surface area contributed by atoms with Crippen LogP contribution < -0.4 is 21.1 Å². The van der Waals surface area contributed by atoms with E-state index in [1.54, 1.807) is 24.3 Å². The van der Waals surface area contributed by atoms with Gasteiger partial charge in [0.1, 0.15) is 11.6 Å². The second-order valence-electron chi connectivity index (χ2n) is 6.53. The van der Waals surface area contributed by atoms with Gasteiger partial charge in [-0.05, 0) is 17.7 Å². The van der Waals surface area contributed by atoms with Crippen LogP contribution in [-0.4, -0.2) is 49.1 Å². The number of methoxy groups -OCH3 is 1. The first-order valence-electron chi connectivity index (χ1n) is 8.84. The van der Waals surface area contributed by atoms with Crippen molar-refractivity contribution in [3.63, 3.8) is 0 Å². The second kappa shape index (κ2) is 7.90. The van der Waals surface area contributed by atoms with Crippen LogP contribution in [0.5, 0.6) is 5.75 Å². The standard InChI is InChI=1S/C20H22N4O5/c1-28-15-5-3-2-4-14(15)24-10-11-29-16(18(24)25)20(27,19(23)26)13-8-6-12(7-9-13)17(21)22/h2-9,16,27H,10-11H2,1H3,(H3,21,22)(H2,23,26). The molecule has 2 unspecified atom stereocenters. The van der Waals surface area contributed by atoms with Gasteiger partial charge >= 0.3 is 0 Å². The van der Waals surface area contributed by atoms with E-state index in [0.717, 1.165) is 0 Å². The number of nitrogens with zero attached hydrogens (tertiary/aromatic N) is 1. The minimum atomic E-state index is -2.41. The number of anilines is 1. The zero-order valence-corrected chi connectivity index (χ0v) is 15.8. The van der Waals surface area contributed by atoms with Crippen molar-refractivity contribution < 1.29 is 24.2 Å². The summed E-state index contributed by atoms with van der Waals surface area (Å²) in [6.45, 7) is 0.295. The van der Waals surface area contributed by atoms with E-state index in [1.807, 2.05) is 0 Å². The van der Waals surface area contributed by atoms with Crippen LogP contribution in [0, 0.1) is 5.41 Å². The highest BCUT2D eigenvalue weighted by Crippen LogP contribution is 2.35. The van der Waals surface area contributed by atoms with Gasteiger partial charge in [0.15, 0.2) is 6.10 Å². The molecule has 1 aliphatic rings. The summed E-state index contributed by atoms with van der Waals surface area (Å²) in [5.41, 5.74) is 9.49. The highest BCUT2D eigenvalue weighted by Gasteiger charge is 2.52. The third-order valence-corrected chi connectivity index (χ3v) is 4.86. The molecule has 1 heterocycles. The number of hydrogen-bond donors (Lipinski definition) is 4. The Labute approximate surface area is 167 Å². The molecule has 0 bridgehead atoms. The molecule has 0 spiro atoms. The molecule has 1 aliphatic heterocycles. The first kappa shape index (κ1) is 20.3. The fraction of sp³-hybridized carbons (Fsp3) is 0.250. The molecule has 0 radical (unpaired) electrons. The summed E-state index contributed by atoms with van der Waals surface area (Å²) in [6.07, 6.45) is -1.55. The number of morpholine rings is 1. The number of primary amides is 1. The predicted molar refractivity (Wildman–Crippen MR) is 106 cm³/mol. The fourth-order valence-corrected chi connectivity index (χ4v) is 3.30. The number of aliphatic hydroxyl groups is 1. The van der Waals surface area contributed by atoms with E-state index < -0.39 is 23.5 Å². The minimum absolute atomic E-state index is 0.0650. The van der Waals surface area contributed by atoms with Gasteiger partial charge in [-0.3, -0.25) is 15.0 Å². The molecule has 2 atom stereocenters. The smallest absolute Gasteiger partial charge is 0.260 e. The van der Waals surface area contributed by atoms with Crippen LogP contribution in [0.25, 0.3) is 0 Å². The topological polar surface area (TPSA) is 152 Å². The van der Waals surface area contributed by atoms with Crippen molar-refractivity contribution in [2.24, 2.45) is 11.5 Å². The first-order valence-corrected chi connectivity index (χ1v) is 8.84. The van der Waals surface area contributed by atoms with Crippen LogP contribution in [0.3, 0.4) is 0 Å². The quantitative estimate of drug-likeness (QED) is 0.400. The summed E-state index contributed by atoms with van der Waals surface area (Å²) in [4.78, 5) is 26.9. The number of rotatable bonds is 6. The number of amidine groups is 1. The van der Waals surface area contributed by atoms with E-state index >= 15 is 0 Å². The van der Waals surface area contributed by atoms with Gasteiger partial charge in [-0.1, -0.05) is 36.4 Å². The number of carbonyl (C=O) groups is 2. The Hall–Kier alpha value is -3.43. The third-order valence-electron chi connectivity index (χ3n) is 4.86. The van der Waals surface area contributed by atoms with Crippen LogP contribution in [0.15, 0.2) is 48.5 Å².